The number of nitrogens with one attached hydrogen (secondary N) is 1. The Morgan fingerprint density at radius 3 is 2.53 bits per heavy atom. The summed E-state index contributed by atoms with van der Waals surface area (Å²) in [6.07, 6.45) is 3.71. The van der Waals surface area contributed by atoms with Crippen molar-refractivity contribution in [3.05, 3.63) is 0 Å². The van der Waals surface area contributed by atoms with E-state index in [0.717, 1.165) is 12.3 Å². The molecule has 4 unspecified atom stereocenters. The minimum atomic E-state index is -0.0687. The molecule has 2 aliphatic rings. The third-order valence-corrected chi connectivity index (χ3v) is 5.91. The van der Waals surface area contributed by atoms with Crippen molar-refractivity contribution in [1.82, 2.24) is 5.32 Å². The fourth-order valence-electron chi connectivity index (χ4n) is 3.84. The van der Waals surface area contributed by atoms with Crippen molar-refractivity contribution in [2.24, 2.45) is 28.4 Å². The highest BCUT2D eigenvalue weighted by molar-refractivity contribution is 5.79. The standard InChI is InChI=1S/C14H26N2O/c1-9(8-15)12(17)16-11-7-10-5-6-14(11,4)13(10,2)3/h9-11H,5-8,15H2,1-4H3,(H,16,17). The number of amides is 1. The predicted octanol–water partition coefficient (Wildman–Crippen LogP) is 1.91. The average Bonchev–Trinajstić information content (AvgIpc) is 2.60. The van der Waals surface area contributed by atoms with Crippen LogP contribution in [0.25, 0.3) is 0 Å². The Bertz CT molecular complexity index is 326. The van der Waals surface area contributed by atoms with Gasteiger partial charge in [0.15, 0.2) is 0 Å². The second-order valence-electron chi connectivity index (χ2n) is 6.81. The second kappa shape index (κ2) is 3.98. The summed E-state index contributed by atoms with van der Waals surface area (Å²) in [6.45, 7) is 9.41. The molecule has 0 aromatic heterocycles. The quantitative estimate of drug-likeness (QED) is 0.789. The van der Waals surface area contributed by atoms with Crippen LogP contribution in [0.4, 0.5) is 0 Å². The fraction of sp³-hybridized carbons (Fsp3) is 0.929. The van der Waals surface area contributed by atoms with Crippen LogP contribution in [0.15, 0.2) is 0 Å². The maximum atomic E-state index is 12.0. The van der Waals surface area contributed by atoms with Crippen molar-refractivity contribution in [1.29, 1.82) is 0 Å². The maximum Gasteiger partial charge on any atom is 0.224 e. The lowest BCUT2D eigenvalue weighted by Gasteiger charge is -2.39. The number of carbonyl (C=O) groups is 1. The lowest BCUT2D eigenvalue weighted by molar-refractivity contribution is -0.126. The summed E-state index contributed by atoms with van der Waals surface area (Å²) in [5, 5.41) is 3.24. The normalized spacial score (nSPS) is 40.3. The first-order valence-corrected chi connectivity index (χ1v) is 6.83. The van der Waals surface area contributed by atoms with Crippen LogP contribution in [-0.4, -0.2) is 18.5 Å². The van der Waals surface area contributed by atoms with Gasteiger partial charge < -0.3 is 11.1 Å². The van der Waals surface area contributed by atoms with E-state index in [2.05, 4.69) is 26.1 Å². The molecule has 2 rings (SSSR count). The second-order valence-corrected chi connectivity index (χ2v) is 6.81. The Hall–Kier alpha value is -0.570. The Morgan fingerprint density at radius 1 is 1.47 bits per heavy atom. The van der Waals surface area contributed by atoms with Crippen molar-refractivity contribution >= 4 is 5.91 Å². The van der Waals surface area contributed by atoms with Crippen LogP contribution < -0.4 is 11.1 Å². The lowest BCUT2D eigenvalue weighted by atomic mass is 9.69. The molecule has 17 heavy (non-hydrogen) atoms. The van der Waals surface area contributed by atoms with Gasteiger partial charge in [0.05, 0.1) is 0 Å². The van der Waals surface area contributed by atoms with Crippen LogP contribution in [0.3, 0.4) is 0 Å². The van der Waals surface area contributed by atoms with Crippen LogP contribution in [0.2, 0.25) is 0 Å². The van der Waals surface area contributed by atoms with Crippen molar-refractivity contribution in [3.8, 4) is 0 Å². The molecule has 0 spiro atoms. The zero-order chi connectivity index (χ0) is 12.8. The summed E-state index contributed by atoms with van der Waals surface area (Å²) in [6, 6.07) is 0.345. The van der Waals surface area contributed by atoms with Gasteiger partial charge in [0.2, 0.25) is 5.91 Å². The van der Waals surface area contributed by atoms with E-state index in [1.54, 1.807) is 0 Å². The Labute approximate surface area is 105 Å². The number of nitrogens with two attached hydrogens (primary N) is 1. The zero-order valence-corrected chi connectivity index (χ0v) is 11.5. The highest BCUT2D eigenvalue weighted by atomic mass is 16.1. The van der Waals surface area contributed by atoms with E-state index in [9.17, 15) is 4.79 Å². The molecular formula is C14H26N2O. The van der Waals surface area contributed by atoms with Gasteiger partial charge in [0, 0.05) is 18.5 Å². The van der Waals surface area contributed by atoms with E-state index >= 15 is 0 Å². The Kier molecular flexibility index (Phi) is 3.01. The molecule has 3 N–H and O–H groups in total. The van der Waals surface area contributed by atoms with Gasteiger partial charge in [-0.15, -0.1) is 0 Å². The minimum absolute atomic E-state index is 0.0687. The summed E-state index contributed by atoms with van der Waals surface area (Å²) in [7, 11) is 0. The summed E-state index contributed by atoms with van der Waals surface area (Å²) in [4.78, 5) is 12.0. The van der Waals surface area contributed by atoms with Gasteiger partial charge in [-0.05, 0) is 36.0 Å². The van der Waals surface area contributed by atoms with Crippen molar-refractivity contribution in [2.45, 2.75) is 53.0 Å². The van der Waals surface area contributed by atoms with E-state index in [4.69, 9.17) is 5.73 Å². The molecule has 0 aliphatic heterocycles. The van der Waals surface area contributed by atoms with Crippen LogP contribution in [0.1, 0.15) is 47.0 Å². The number of hydrogen-bond acceptors (Lipinski definition) is 2. The maximum absolute atomic E-state index is 12.0. The number of carbonyl (C=O) groups excluding carboxylic acids is 1. The van der Waals surface area contributed by atoms with Gasteiger partial charge >= 0.3 is 0 Å². The van der Waals surface area contributed by atoms with E-state index < -0.39 is 0 Å². The molecule has 2 aliphatic carbocycles. The van der Waals surface area contributed by atoms with Crippen LogP contribution in [-0.2, 0) is 4.79 Å². The van der Waals surface area contributed by atoms with Gasteiger partial charge in [-0.2, -0.15) is 0 Å². The summed E-state index contributed by atoms with van der Waals surface area (Å²) in [5.41, 5.74) is 6.17. The summed E-state index contributed by atoms with van der Waals surface area (Å²) in [5.74, 6) is 0.828. The number of rotatable bonds is 3. The third kappa shape index (κ3) is 1.70. The molecule has 0 radical (unpaired) electrons. The Morgan fingerprint density at radius 2 is 2.12 bits per heavy atom. The predicted molar refractivity (Wildman–Crippen MR) is 69.4 cm³/mol. The first-order valence-electron chi connectivity index (χ1n) is 6.83. The molecule has 3 heteroatoms. The molecule has 2 bridgehead atoms. The monoisotopic (exact) mass is 238 g/mol. The molecule has 1 amide bonds. The zero-order valence-electron chi connectivity index (χ0n) is 11.5. The molecule has 2 fully saturated rings. The SMILES string of the molecule is CC(CN)C(=O)NC1CC2CCC1(C)C2(C)C. The fourth-order valence-corrected chi connectivity index (χ4v) is 3.84. The first kappa shape index (κ1) is 12.9. The van der Waals surface area contributed by atoms with Gasteiger partial charge in [-0.1, -0.05) is 27.7 Å². The summed E-state index contributed by atoms with van der Waals surface area (Å²) >= 11 is 0. The van der Waals surface area contributed by atoms with E-state index in [1.807, 2.05) is 6.92 Å². The van der Waals surface area contributed by atoms with Gasteiger partial charge in [0.1, 0.15) is 0 Å². The summed E-state index contributed by atoms with van der Waals surface area (Å²) < 4.78 is 0. The Balaban J connectivity index is 2.08. The smallest absolute Gasteiger partial charge is 0.224 e. The van der Waals surface area contributed by atoms with Crippen LogP contribution >= 0.6 is 0 Å². The van der Waals surface area contributed by atoms with Crippen LogP contribution in [0.5, 0.6) is 0 Å². The third-order valence-electron chi connectivity index (χ3n) is 5.91. The molecule has 2 saturated carbocycles. The molecular weight excluding hydrogens is 212 g/mol. The van der Waals surface area contributed by atoms with Gasteiger partial charge in [0.25, 0.3) is 0 Å². The molecule has 4 atom stereocenters. The molecule has 0 aromatic rings. The van der Waals surface area contributed by atoms with E-state index in [1.165, 1.54) is 12.8 Å². The van der Waals surface area contributed by atoms with Crippen molar-refractivity contribution < 1.29 is 4.79 Å². The van der Waals surface area contributed by atoms with Gasteiger partial charge in [-0.25, -0.2) is 0 Å². The molecule has 0 heterocycles. The molecule has 98 valence electrons. The number of hydrogen-bond donors (Lipinski definition) is 2. The highest BCUT2D eigenvalue weighted by Crippen LogP contribution is 2.65. The molecule has 0 aromatic carbocycles. The lowest BCUT2D eigenvalue weighted by Crippen LogP contribution is -2.49. The number of fused-ring (bicyclic) bond motifs is 2. The van der Waals surface area contributed by atoms with Crippen LogP contribution in [0, 0.1) is 22.7 Å². The van der Waals surface area contributed by atoms with Crippen molar-refractivity contribution in [2.75, 3.05) is 6.54 Å². The minimum Gasteiger partial charge on any atom is -0.353 e. The van der Waals surface area contributed by atoms with E-state index in [0.29, 0.717) is 18.0 Å². The first-order chi connectivity index (χ1) is 7.83. The average molecular weight is 238 g/mol. The highest BCUT2D eigenvalue weighted by Gasteiger charge is 2.61. The molecule has 0 saturated heterocycles. The molecule has 3 nitrogen and oxygen atoms in total. The van der Waals surface area contributed by atoms with Gasteiger partial charge in [-0.3, -0.25) is 4.79 Å². The topological polar surface area (TPSA) is 55.1 Å². The van der Waals surface area contributed by atoms with E-state index in [-0.39, 0.29) is 17.2 Å². The largest absolute Gasteiger partial charge is 0.353 e. The van der Waals surface area contributed by atoms with Crippen molar-refractivity contribution in [3.63, 3.8) is 0 Å².